The molecule has 0 bridgehead atoms. The standard InChI is InChI=1S/C18H31N5O3.HI/c1-18(2,3)26-17(24)23(14-15-7-5-8-20-13-15)11-6-9-21-16(19)22-10-12-25-4;/h5,7-8,13H,6,9-12,14H2,1-4H3,(H3,19,21,22);1H. The second kappa shape index (κ2) is 13.5. The number of guanidine groups is 1. The molecule has 0 unspecified atom stereocenters. The molecule has 0 radical (unpaired) electrons. The maximum absolute atomic E-state index is 12.5. The number of amides is 1. The Kier molecular flexibility index (Phi) is 12.7. The Labute approximate surface area is 178 Å². The van der Waals surface area contributed by atoms with Crippen LogP contribution in [0.4, 0.5) is 4.79 Å². The van der Waals surface area contributed by atoms with E-state index in [0.29, 0.717) is 45.2 Å². The molecule has 9 heteroatoms. The molecule has 0 fully saturated rings. The highest BCUT2D eigenvalue weighted by molar-refractivity contribution is 14.0. The fourth-order valence-electron chi connectivity index (χ4n) is 2.07. The van der Waals surface area contributed by atoms with Crippen molar-refractivity contribution in [2.75, 3.05) is 33.4 Å². The first kappa shape index (κ1) is 25.4. The Morgan fingerprint density at radius 1 is 1.41 bits per heavy atom. The first-order valence-corrected chi connectivity index (χ1v) is 8.71. The van der Waals surface area contributed by atoms with Crippen molar-refractivity contribution in [3.8, 4) is 0 Å². The topological polar surface area (TPSA) is 102 Å². The van der Waals surface area contributed by atoms with Crippen molar-refractivity contribution in [1.82, 2.24) is 15.2 Å². The van der Waals surface area contributed by atoms with Gasteiger partial charge in [0.05, 0.1) is 13.2 Å². The van der Waals surface area contributed by atoms with Gasteiger partial charge in [-0.2, -0.15) is 0 Å². The van der Waals surface area contributed by atoms with Crippen LogP contribution in [0.5, 0.6) is 0 Å². The number of hydrogen-bond donors (Lipinski definition) is 2. The number of pyridine rings is 1. The van der Waals surface area contributed by atoms with E-state index in [1.165, 1.54) is 0 Å². The van der Waals surface area contributed by atoms with Gasteiger partial charge >= 0.3 is 6.09 Å². The van der Waals surface area contributed by atoms with Crippen LogP contribution in [0.1, 0.15) is 32.8 Å². The van der Waals surface area contributed by atoms with Crippen molar-refractivity contribution in [1.29, 1.82) is 0 Å². The summed E-state index contributed by atoms with van der Waals surface area (Å²) >= 11 is 0. The van der Waals surface area contributed by atoms with Gasteiger partial charge in [0.2, 0.25) is 0 Å². The van der Waals surface area contributed by atoms with Crippen LogP contribution in [0, 0.1) is 0 Å². The number of methoxy groups -OCH3 is 1. The number of nitrogens with two attached hydrogens (primary N) is 1. The molecule has 0 aliphatic carbocycles. The summed E-state index contributed by atoms with van der Waals surface area (Å²) < 4.78 is 10.4. The number of nitrogens with zero attached hydrogens (tertiary/aromatic N) is 3. The zero-order valence-corrected chi connectivity index (χ0v) is 18.9. The summed E-state index contributed by atoms with van der Waals surface area (Å²) in [6.45, 7) is 8.19. The predicted molar refractivity (Wildman–Crippen MR) is 117 cm³/mol. The van der Waals surface area contributed by atoms with Gasteiger partial charge in [0.15, 0.2) is 5.96 Å². The molecule has 3 N–H and O–H groups in total. The van der Waals surface area contributed by atoms with Crippen molar-refractivity contribution >= 4 is 36.0 Å². The van der Waals surface area contributed by atoms with Gasteiger partial charge in [-0.05, 0) is 38.8 Å². The van der Waals surface area contributed by atoms with Crippen molar-refractivity contribution in [2.45, 2.75) is 39.3 Å². The number of hydrogen-bond acceptors (Lipinski definition) is 5. The molecular weight excluding hydrogens is 461 g/mol. The van der Waals surface area contributed by atoms with E-state index in [4.69, 9.17) is 15.2 Å². The van der Waals surface area contributed by atoms with E-state index in [0.717, 1.165) is 5.56 Å². The summed E-state index contributed by atoms with van der Waals surface area (Å²) in [4.78, 5) is 22.5. The van der Waals surface area contributed by atoms with Gasteiger partial charge in [-0.15, -0.1) is 24.0 Å². The summed E-state index contributed by atoms with van der Waals surface area (Å²) in [5.74, 6) is 0.373. The Bertz CT molecular complexity index is 564. The summed E-state index contributed by atoms with van der Waals surface area (Å²) in [5, 5.41) is 2.95. The molecule has 1 amide bonds. The molecule has 1 heterocycles. The van der Waals surface area contributed by atoms with E-state index in [1.807, 2.05) is 32.9 Å². The quantitative estimate of drug-likeness (QED) is 0.237. The number of aromatic nitrogens is 1. The van der Waals surface area contributed by atoms with E-state index < -0.39 is 5.60 Å². The predicted octanol–water partition coefficient (Wildman–Crippen LogP) is 2.38. The fraction of sp³-hybridized carbons (Fsp3) is 0.611. The molecule has 1 aromatic rings. The van der Waals surface area contributed by atoms with Crippen molar-refractivity contribution < 1.29 is 14.3 Å². The zero-order chi connectivity index (χ0) is 19.4. The lowest BCUT2D eigenvalue weighted by Gasteiger charge is -2.27. The smallest absolute Gasteiger partial charge is 0.410 e. The molecule has 0 saturated carbocycles. The molecule has 0 aliphatic heterocycles. The Hall–Kier alpha value is -1.62. The molecule has 8 nitrogen and oxygen atoms in total. The highest BCUT2D eigenvalue weighted by Crippen LogP contribution is 2.12. The van der Waals surface area contributed by atoms with E-state index in [-0.39, 0.29) is 30.1 Å². The zero-order valence-electron chi connectivity index (χ0n) is 16.6. The number of aliphatic imine (C=N–C) groups is 1. The van der Waals surface area contributed by atoms with Gasteiger partial charge in [0, 0.05) is 39.1 Å². The summed E-state index contributed by atoms with van der Waals surface area (Å²) in [7, 11) is 1.63. The maximum Gasteiger partial charge on any atom is 0.410 e. The number of ether oxygens (including phenoxy) is 2. The number of carbonyl (C=O) groups excluding carboxylic acids is 1. The van der Waals surface area contributed by atoms with Gasteiger partial charge < -0.3 is 25.4 Å². The van der Waals surface area contributed by atoms with Crippen LogP contribution >= 0.6 is 24.0 Å². The normalized spacial score (nSPS) is 11.5. The Balaban J connectivity index is 0.00000676. The maximum atomic E-state index is 12.5. The molecule has 0 aromatic carbocycles. The molecule has 0 aliphatic rings. The van der Waals surface area contributed by atoms with Crippen molar-refractivity contribution in [3.63, 3.8) is 0 Å². The molecule has 0 atom stereocenters. The second-order valence-corrected chi connectivity index (χ2v) is 6.80. The Morgan fingerprint density at radius 2 is 2.15 bits per heavy atom. The Morgan fingerprint density at radius 3 is 2.74 bits per heavy atom. The van der Waals surface area contributed by atoms with Crippen molar-refractivity contribution in [2.24, 2.45) is 10.7 Å². The summed E-state index contributed by atoms with van der Waals surface area (Å²) in [5.41, 5.74) is 6.17. The molecule has 154 valence electrons. The first-order chi connectivity index (χ1) is 12.3. The third-order valence-electron chi connectivity index (χ3n) is 3.23. The lowest BCUT2D eigenvalue weighted by Crippen LogP contribution is -2.37. The minimum atomic E-state index is -0.544. The highest BCUT2D eigenvalue weighted by atomic mass is 127. The number of halogens is 1. The van der Waals surface area contributed by atoms with Crippen LogP contribution in [-0.4, -0.2) is 60.9 Å². The number of nitrogens with one attached hydrogen (secondary N) is 1. The minimum Gasteiger partial charge on any atom is -0.444 e. The minimum absolute atomic E-state index is 0. The van der Waals surface area contributed by atoms with Crippen LogP contribution < -0.4 is 11.1 Å². The van der Waals surface area contributed by atoms with Gasteiger partial charge in [-0.25, -0.2) is 4.79 Å². The van der Waals surface area contributed by atoms with Crippen LogP contribution in [0.25, 0.3) is 0 Å². The first-order valence-electron chi connectivity index (χ1n) is 8.71. The largest absolute Gasteiger partial charge is 0.444 e. The van der Waals surface area contributed by atoms with Gasteiger partial charge in [-0.1, -0.05) is 6.07 Å². The molecule has 0 spiro atoms. The SMILES string of the molecule is COCCNC(N)=NCCCN(Cc1cccnc1)C(=O)OC(C)(C)C.I. The molecule has 27 heavy (non-hydrogen) atoms. The molecule has 1 rings (SSSR count). The average Bonchev–Trinajstić information content (AvgIpc) is 2.57. The van der Waals surface area contributed by atoms with Crippen LogP contribution in [0.3, 0.4) is 0 Å². The molecule has 1 aromatic heterocycles. The van der Waals surface area contributed by atoms with E-state index in [9.17, 15) is 4.79 Å². The van der Waals surface area contributed by atoms with E-state index in [2.05, 4.69) is 15.3 Å². The van der Waals surface area contributed by atoms with Crippen LogP contribution in [0.15, 0.2) is 29.5 Å². The van der Waals surface area contributed by atoms with Gasteiger partial charge in [0.25, 0.3) is 0 Å². The van der Waals surface area contributed by atoms with Crippen molar-refractivity contribution in [3.05, 3.63) is 30.1 Å². The average molecular weight is 493 g/mol. The van der Waals surface area contributed by atoms with Gasteiger partial charge in [0.1, 0.15) is 5.60 Å². The van der Waals surface area contributed by atoms with Crippen LogP contribution in [0.2, 0.25) is 0 Å². The molecular formula is C18H32IN5O3. The molecule has 0 saturated heterocycles. The summed E-state index contributed by atoms with van der Waals surface area (Å²) in [6.07, 6.45) is 3.77. The monoisotopic (exact) mass is 493 g/mol. The van der Waals surface area contributed by atoms with E-state index >= 15 is 0 Å². The number of carbonyl (C=O) groups is 1. The van der Waals surface area contributed by atoms with Crippen LogP contribution in [-0.2, 0) is 16.0 Å². The second-order valence-electron chi connectivity index (χ2n) is 6.80. The third-order valence-corrected chi connectivity index (χ3v) is 3.23. The fourth-order valence-corrected chi connectivity index (χ4v) is 2.07. The van der Waals surface area contributed by atoms with Gasteiger partial charge in [-0.3, -0.25) is 9.98 Å². The lowest BCUT2D eigenvalue weighted by molar-refractivity contribution is 0.0232. The summed E-state index contributed by atoms with van der Waals surface area (Å²) in [6, 6.07) is 3.78. The third kappa shape index (κ3) is 12.4. The highest BCUT2D eigenvalue weighted by Gasteiger charge is 2.22. The number of rotatable bonds is 9. The van der Waals surface area contributed by atoms with E-state index in [1.54, 1.807) is 24.4 Å². The lowest BCUT2D eigenvalue weighted by atomic mass is 10.2.